The number of carboxylic acid groups (broad SMARTS) is 1. The van der Waals surface area contributed by atoms with E-state index in [1.165, 1.54) is 6.07 Å². The summed E-state index contributed by atoms with van der Waals surface area (Å²) in [6.07, 6.45) is 2.38. The molecule has 1 aliphatic carbocycles. The van der Waals surface area contributed by atoms with Crippen molar-refractivity contribution in [3.05, 3.63) is 29.8 Å². The highest BCUT2D eigenvalue weighted by Crippen LogP contribution is 2.32. The number of amides is 3. The minimum atomic E-state index is -1.22. The molecular weight excluding hydrogens is 334 g/mol. The number of nitrogens with one attached hydrogen (secondary N) is 3. The number of carbonyl (C=O) groups excluding carboxylic acids is 2. The summed E-state index contributed by atoms with van der Waals surface area (Å²) in [6.45, 7) is 5.78. The van der Waals surface area contributed by atoms with Crippen molar-refractivity contribution in [3.63, 3.8) is 0 Å². The number of rotatable bonds is 5. The lowest BCUT2D eigenvalue weighted by Gasteiger charge is -2.36. The highest BCUT2D eigenvalue weighted by Gasteiger charge is 2.42. The molecule has 1 aromatic rings. The van der Waals surface area contributed by atoms with Crippen LogP contribution in [0.5, 0.6) is 0 Å². The Balaban J connectivity index is 2.10. The van der Waals surface area contributed by atoms with Crippen LogP contribution >= 0.6 is 0 Å². The lowest BCUT2D eigenvalue weighted by Crippen LogP contribution is -2.56. The molecule has 1 saturated carbocycles. The molecule has 0 bridgehead atoms. The molecule has 1 fully saturated rings. The summed E-state index contributed by atoms with van der Waals surface area (Å²) in [6, 6.07) is 6.09. The number of carbonyl (C=O) groups is 3. The SMILES string of the molecule is CC1CCC(NC(=O)c2cccc(NC(=O)NC(C)C)c2)(C(=O)O)CC1. The Labute approximate surface area is 153 Å². The summed E-state index contributed by atoms with van der Waals surface area (Å²) < 4.78 is 0. The van der Waals surface area contributed by atoms with Crippen molar-refractivity contribution in [1.29, 1.82) is 0 Å². The predicted molar refractivity (Wildman–Crippen MR) is 99.2 cm³/mol. The van der Waals surface area contributed by atoms with Gasteiger partial charge in [0.25, 0.3) is 5.91 Å². The third-order valence-electron chi connectivity index (χ3n) is 4.69. The van der Waals surface area contributed by atoms with E-state index in [9.17, 15) is 19.5 Å². The molecule has 1 aromatic carbocycles. The normalized spacial score (nSPS) is 22.5. The number of hydrogen-bond donors (Lipinski definition) is 4. The van der Waals surface area contributed by atoms with Gasteiger partial charge in [0.05, 0.1) is 0 Å². The molecule has 1 aliphatic rings. The van der Waals surface area contributed by atoms with Crippen LogP contribution in [0.4, 0.5) is 10.5 Å². The van der Waals surface area contributed by atoms with Gasteiger partial charge in [-0.25, -0.2) is 9.59 Å². The maximum atomic E-state index is 12.6. The summed E-state index contributed by atoms with van der Waals surface area (Å²) in [4.78, 5) is 36.2. The van der Waals surface area contributed by atoms with Crippen LogP contribution in [0.1, 0.15) is 56.8 Å². The van der Waals surface area contributed by atoms with E-state index in [2.05, 4.69) is 22.9 Å². The van der Waals surface area contributed by atoms with Crippen molar-refractivity contribution in [2.24, 2.45) is 5.92 Å². The van der Waals surface area contributed by atoms with Gasteiger partial charge < -0.3 is 21.1 Å². The zero-order valence-electron chi connectivity index (χ0n) is 15.5. The number of hydrogen-bond acceptors (Lipinski definition) is 3. The van der Waals surface area contributed by atoms with Gasteiger partial charge in [-0.3, -0.25) is 4.79 Å². The van der Waals surface area contributed by atoms with Crippen LogP contribution in [0.2, 0.25) is 0 Å². The molecule has 2 rings (SSSR count). The molecule has 7 nitrogen and oxygen atoms in total. The van der Waals surface area contributed by atoms with E-state index in [4.69, 9.17) is 0 Å². The van der Waals surface area contributed by atoms with E-state index in [0.717, 1.165) is 12.8 Å². The van der Waals surface area contributed by atoms with Gasteiger partial charge in [0.2, 0.25) is 0 Å². The molecule has 0 radical (unpaired) electrons. The topological polar surface area (TPSA) is 108 Å². The minimum absolute atomic E-state index is 0.00870. The van der Waals surface area contributed by atoms with E-state index in [0.29, 0.717) is 30.0 Å². The molecule has 3 amide bonds. The fourth-order valence-corrected chi connectivity index (χ4v) is 3.10. The summed E-state index contributed by atoms with van der Waals surface area (Å²) in [5.41, 5.74) is -0.439. The quantitative estimate of drug-likeness (QED) is 0.646. The second kappa shape index (κ2) is 8.21. The monoisotopic (exact) mass is 361 g/mol. The fourth-order valence-electron chi connectivity index (χ4n) is 3.10. The minimum Gasteiger partial charge on any atom is -0.480 e. The first-order valence-corrected chi connectivity index (χ1v) is 8.95. The molecule has 0 aromatic heterocycles. The zero-order chi connectivity index (χ0) is 19.3. The van der Waals surface area contributed by atoms with Crippen LogP contribution < -0.4 is 16.0 Å². The lowest BCUT2D eigenvalue weighted by molar-refractivity contribution is -0.146. The molecule has 0 heterocycles. The maximum Gasteiger partial charge on any atom is 0.329 e. The summed E-state index contributed by atoms with van der Waals surface area (Å²) in [7, 11) is 0. The van der Waals surface area contributed by atoms with Crippen molar-refractivity contribution in [2.45, 2.75) is 58.0 Å². The molecule has 26 heavy (non-hydrogen) atoms. The van der Waals surface area contributed by atoms with Gasteiger partial charge in [-0.2, -0.15) is 0 Å². The van der Waals surface area contributed by atoms with Crippen LogP contribution in [-0.2, 0) is 4.79 Å². The Morgan fingerprint density at radius 1 is 1.19 bits per heavy atom. The first-order chi connectivity index (χ1) is 12.2. The summed E-state index contributed by atoms with van der Waals surface area (Å²) in [5, 5.41) is 17.7. The highest BCUT2D eigenvalue weighted by atomic mass is 16.4. The third-order valence-corrected chi connectivity index (χ3v) is 4.69. The largest absolute Gasteiger partial charge is 0.480 e. The molecule has 0 spiro atoms. The molecule has 142 valence electrons. The van der Waals surface area contributed by atoms with Crippen LogP contribution in [0.3, 0.4) is 0 Å². The third kappa shape index (κ3) is 4.97. The maximum absolute atomic E-state index is 12.6. The number of benzene rings is 1. The first kappa shape index (κ1) is 19.8. The van der Waals surface area contributed by atoms with Crippen LogP contribution in [0.25, 0.3) is 0 Å². The first-order valence-electron chi connectivity index (χ1n) is 8.95. The standard InChI is InChI=1S/C19H27N3O4/c1-12(2)20-18(26)21-15-6-4-5-14(11-15)16(23)22-19(17(24)25)9-7-13(3)8-10-19/h4-6,11-13H,7-10H2,1-3H3,(H,22,23)(H,24,25)(H2,20,21,26). The average Bonchev–Trinajstić information content (AvgIpc) is 2.56. The molecule has 0 atom stereocenters. The number of anilines is 1. The van der Waals surface area contributed by atoms with Crippen LogP contribution in [0, 0.1) is 5.92 Å². The summed E-state index contributed by atoms with van der Waals surface area (Å²) >= 11 is 0. The Bertz CT molecular complexity index is 679. The fraction of sp³-hybridized carbons (Fsp3) is 0.526. The van der Waals surface area contributed by atoms with Gasteiger partial charge in [-0.1, -0.05) is 13.0 Å². The van der Waals surface area contributed by atoms with Gasteiger partial charge in [-0.15, -0.1) is 0 Å². The van der Waals surface area contributed by atoms with E-state index < -0.39 is 17.4 Å². The number of aliphatic carboxylic acids is 1. The van der Waals surface area contributed by atoms with Crippen molar-refractivity contribution in [2.75, 3.05) is 5.32 Å². The van der Waals surface area contributed by atoms with Gasteiger partial charge in [0.1, 0.15) is 5.54 Å². The van der Waals surface area contributed by atoms with Gasteiger partial charge in [0.15, 0.2) is 0 Å². The Hall–Kier alpha value is -2.57. The smallest absolute Gasteiger partial charge is 0.329 e. The Morgan fingerprint density at radius 2 is 1.85 bits per heavy atom. The second-order valence-electron chi connectivity index (χ2n) is 7.36. The second-order valence-corrected chi connectivity index (χ2v) is 7.36. The molecule has 7 heteroatoms. The van der Waals surface area contributed by atoms with Gasteiger partial charge >= 0.3 is 12.0 Å². The van der Waals surface area contributed by atoms with E-state index in [1.807, 2.05) is 13.8 Å². The summed E-state index contributed by atoms with van der Waals surface area (Å²) in [5.74, 6) is -0.982. The van der Waals surface area contributed by atoms with Crippen molar-refractivity contribution < 1.29 is 19.5 Å². The number of urea groups is 1. The molecular formula is C19H27N3O4. The van der Waals surface area contributed by atoms with Crippen molar-refractivity contribution in [3.8, 4) is 0 Å². The average molecular weight is 361 g/mol. The van der Waals surface area contributed by atoms with E-state index >= 15 is 0 Å². The Kier molecular flexibility index (Phi) is 6.23. The van der Waals surface area contributed by atoms with E-state index in [-0.39, 0.29) is 12.1 Å². The molecule has 0 saturated heterocycles. The Morgan fingerprint density at radius 3 is 2.42 bits per heavy atom. The van der Waals surface area contributed by atoms with Crippen molar-refractivity contribution in [1.82, 2.24) is 10.6 Å². The lowest BCUT2D eigenvalue weighted by atomic mass is 9.77. The predicted octanol–water partition coefficient (Wildman–Crippen LogP) is 2.98. The van der Waals surface area contributed by atoms with Crippen LogP contribution in [0.15, 0.2) is 24.3 Å². The zero-order valence-corrected chi connectivity index (χ0v) is 15.5. The van der Waals surface area contributed by atoms with Gasteiger partial charge in [0, 0.05) is 17.3 Å². The molecule has 4 N–H and O–H groups in total. The van der Waals surface area contributed by atoms with Gasteiger partial charge in [-0.05, 0) is 63.6 Å². The molecule has 0 aliphatic heterocycles. The number of carboxylic acids is 1. The van der Waals surface area contributed by atoms with E-state index in [1.54, 1.807) is 18.2 Å². The van der Waals surface area contributed by atoms with Crippen molar-refractivity contribution >= 4 is 23.6 Å². The van der Waals surface area contributed by atoms with Crippen LogP contribution in [-0.4, -0.2) is 34.6 Å². The molecule has 0 unspecified atom stereocenters. The highest BCUT2D eigenvalue weighted by molar-refractivity contribution is 5.99.